The van der Waals surface area contributed by atoms with Gasteiger partial charge >= 0.3 is 5.97 Å². The summed E-state index contributed by atoms with van der Waals surface area (Å²) in [4.78, 5) is 11.1. The molecule has 146 valence electrons. The second kappa shape index (κ2) is 8.18. The standard InChI is InChI=1S/C13H22O12/c1-22-12-8(19)9(4(15)3(2-14)23-12)24-13-7(18)5(16)6(17)10(25-13)11(20)21/h3-10,12-19H,2H2,1H3,(H,20,21)/t3-,4+,5+,6+,7-,8-,9+,10+,12+,13-/m1/s1. The molecule has 0 unspecified atom stereocenters. The first-order valence-electron chi connectivity index (χ1n) is 7.46. The van der Waals surface area contributed by atoms with Crippen molar-refractivity contribution in [3.05, 3.63) is 0 Å². The molecular weight excluding hydrogens is 348 g/mol. The number of aliphatic carboxylic acids is 1. The predicted molar refractivity (Wildman–Crippen MR) is 74.0 cm³/mol. The van der Waals surface area contributed by atoms with Gasteiger partial charge in [0.15, 0.2) is 18.7 Å². The Kier molecular flexibility index (Phi) is 6.67. The third kappa shape index (κ3) is 3.93. The molecule has 2 heterocycles. The Hall–Kier alpha value is -0.930. The number of ether oxygens (including phenoxy) is 4. The minimum absolute atomic E-state index is 0.638. The van der Waals surface area contributed by atoms with Gasteiger partial charge in [-0.1, -0.05) is 0 Å². The molecule has 2 fully saturated rings. The van der Waals surface area contributed by atoms with Gasteiger partial charge in [0.1, 0.15) is 42.7 Å². The molecule has 25 heavy (non-hydrogen) atoms. The van der Waals surface area contributed by atoms with Gasteiger partial charge < -0.3 is 54.7 Å². The largest absolute Gasteiger partial charge is 0.479 e. The number of aliphatic hydroxyl groups excluding tert-OH is 6. The van der Waals surface area contributed by atoms with Crippen molar-refractivity contribution < 1.29 is 59.5 Å². The summed E-state index contributed by atoms with van der Waals surface area (Å²) in [6, 6.07) is 0. The van der Waals surface area contributed by atoms with E-state index in [-0.39, 0.29) is 0 Å². The Morgan fingerprint density at radius 1 is 0.920 bits per heavy atom. The Morgan fingerprint density at radius 3 is 2.08 bits per heavy atom. The molecule has 2 rings (SSSR count). The summed E-state index contributed by atoms with van der Waals surface area (Å²) < 4.78 is 20.2. The Balaban J connectivity index is 2.18. The zero-order valence-corrected chi connectivity index (χ0v) is 13.2. The van der Waals surface area contributed by atoms with E-state index in [2.05, 4.69) is 0 Å². The first kappa shape index (κ1) is 20.4. The summed E-state index contributed by atoms with van der Waals surface area (Å²) >= 11 is 0. The third-order valence-electron chi connectivity index (χ3n) is 4.16. The van der Waals surface area contributed by atoms with E-state index in [1.807, 2.05) is 0 Å². The van der Waals surface area contributed by atoms with Gasteiger partial charge in [-0.3, -0.25) is 0 Å². The fourth-order valence-electron chi connectivity index (χ4n) is 2.73. The average Bonchev–Trinajstić information content (AvgIpc) is 2.58. The minimum Gasteiger partial charge on any atom is -0.479 e. The van der Waals surface area contributed by atoms with Crippen LogP contribution in [0.25, 0.3) is 0 Å². The van der Waals surface area contributed by atoms with Gasteiger partial charge in [0.25, 0.3) is 0 Å². The number of rotatable bonds is 5. The van der Waals surface area contributed by atoms with Gasteiger partial charge in [-0.15, -0.1) is 0 Å². The summed E-state index contributed by atoms with van der Waals surface area (Å²) in [7, 11) is 1.20. The van der Waals surface area contributed by atoms with Crippen molar-refractivity contribution >= 4 is 5.97 Å². The SMILES string of the molecule is CO[C@H]1O[C@H](CO)[C@H](O)[C@H](O[C@@H]2O[C@H](C(=O)O)[C@@H](O)[C@H](O)[C@H]2O)[C@H]1O. The zero-order valence-electron chi connectivity index (χ0n) is 13.2. The van der Waals surface area contributed by atoms with Crippen molar-refractivity contribution in [3.8, 4) is 0 Å². The number of methoxy groups -OCH3 is 1. The summed E-state index contributed by atoms with van der Waals surface area (Å²) in [5, 5.41) is 67.8. The van der Waals surface area contributed by atoms with Gasteiger partial charge in [0, 0.05) is 7.11 Å². The maximum absolute atomic E-state index is 11.1. The molecule has 12 nitrogen and oxygen atoms in total. The molecule has 10 atom stereocenters. The van der Waals surface area contributed by atoms with Crippen molar-refractivity contribution in [2.75, 3.05) is 13.7 Å². The normalized spacial score (nSPS) is 48.3. The minimum atomic E-state index is -1.91. The summed E-state index contributed by atoms with van der Waals surface area (Å²) in [6.07, 6.45) is -16.5. The fourth-order valence-corrected chi connectivity index (χ4v) is 2.73. The molecule has 2 aliphatic heterocycles. The smallest absolute Gasteiger partial charge is 0.335 e. The van der Waals surface area contributed by atoms with Crippen molar-refractivity contribution in [2.24, 2.45) is 0 Å². The molecule has 0 amide bonds. The second-order valence-electron chi connectivity index (χ2n) is 5.78. The van der Waals surface area contributed by atoms with Gasteiger partial charge in [0.2, 0.25) is 0 Å². The number of hydrogen-bond acceptors (Lipinski definition) is 11. The highest BCUT2D eigenvalue weighted by Crippen LogP contribution is 2.29. The van der Waals surface area contributed by atoms with Gasteiger partial charge in [-0.25, -0.2) is 4.79 Å². The first-order chi connectivity index (χ1) is 11.7. The molecule has 0 aromatic rings. The molecular formula is C13H22O12. The molecule has 0 bridgehead atoms. The zero-order chi connectivity index (χ0) is 18.9. The summed E-state index contributed by atoms with van der Waals surface area (Å²) in [5.41, 5.74) is 0. The van der Waals surface area contributed by atoms with Crippen LogP contribution in [0.5, 0.6) is 0 Å². The lowest BCUT2D eigenvalue weighted by atomic mass is 9.97. The molecule has 0 radical (unpaired) electrons. The van der Waals surface area contributed by atoms with E-state index in [4.69, 9.17) is 24.1 Å². The van der Waals surface area contributed by atoms with Crippen LogP contribution in [0, 0.1) is 0 Å². The molecule has 0 aliphatic carbocycles. The quantitative estimate of drug-likeness (QED) is 0.245. The van der Waals surface area contributed by atoms with Crippen LogP contribution in [0.3, 0.4) is 0 Å². The van der Waals surface area contributed by atoms with Crippen LogP contribution in [-0.2, 0) is 23.7 Å². The van der Waals surface area contributed by atoms with Crippen molar-refractivity contribution in [2.45, 2.75) is 61.4 Å². The maximum atomic E-state index is 11.1. The maximum Gasteiger partial charge on any atom is 0.335 e. The molecule has 2 saturated heterocycles. The van der Waals surface area contributed by atoms with Gasteiger partial charge in [-0.2, -0.15) is 0 Å². The van der Waals surface area contributed by atoms with Crippen LogP contribution >= 0.6 is 0 Å². The van der Waals surface area contributed by atoms with Gasteiger partial charge in [0.05, 0.1) is 6.61 Å². The fraction of sp³-hybridized carbons (Fsp3) is 0.923. The molecule has 2 aliphatic rings. The van der Waals surface area contributed by atoms with Crippen LogP contribution < -0.4 is 0 Å². The van der Waals surface area contributed by atoms with Crippen LogP contribution in [0.15, 0.2) is 0 Å². The highest BCUT2D eigenvalue weighted by atomic mass is 16.7. The van der Waals surface area contributed by atoms with E-state index in [1.54, 1.807) is 0 Å². The van der Waals surface area contributed by atoms with E-state index in [0.29, 0.717) is 0 Å². The van der Waals surface area contributed by atoms with Crippen LogP contribution in [0.4, 0.5) is 0 Å². The number of hydrogen-bond donors (Lipinski definition) is 7. The van der Waals surface area contributed by atoms with E-state index in [1.165, 1.54) is 7.11 Å². The van der Waals surface area contributed by atoms with Crippen molar-refractivity contribution in [1.82, 2.24) is 0 Å². The number of aliphatic hydroxyl groups is 6. The van der Waals surface area contributed by atoms with Crippen LogP contribution in [0.1, 0.15) is 0 Å². The number of carboxylic acids is 1. The monoisotopic (exact) mass is 370 g/mol. The van der Waals surface area contributed by atoms with Gasteiger partial charge in [-0.05, 0) is 0 Å². The highest BCUT2D eigenvalue weighted by molar-refractivity contribution is 5.73. The van der Waals surface area contributed by atoms with Crippen molar-refractivity contribution in [3.63, 3.8) is 0 Å². The Morgan fingerprint density at radius 2 is 1.56 bits per heavy atom. The van der Waals surface area contributed by atoms with Crippen LogP contribution in [-0.4, -0.2) is 117 Å². The Labute approximate surface area is 141 Å². The van der Waals surface area contributed by atoms with Crippen LogP contribution in [0.2, 0.25) is 0 Å². The first-order valence-corrected chi connectivity index (χ1v) is 7.46. The molecule has 7 N–H and O–H groups in total. The highest BCUT2D eigenvalue weighted by Gasteiger charge is 2.52. The van der Waals surface area contributed by atoms with Crippen molar-refractivity contribution in [1.29, 1.82) is 0 Å². The lowest BCUT2D eigenvalue weighted by molar-refractivity contribution is -0.354. The third-order valence-corrected chi connectivity index (χ3v) is 4.16. The molecule has 0 aromatic carbocycles. The summed E-state index contributed by atoms with van der Waals surface area (Å²) in [6.45, 7) is -0.638. The molecule has 0 saturated carbocycles. The lowest BCUT2D eigenvalue weighted by Gasteiger charge is -2.45. The van der Waals surface area contributed by atoms with E-state index in [0.717, 1.165) is 0 Å². The second-order valence-corrected chi connectivity index (χ2v) is 5.78. The topological polar surface area (TPSA) is 196 Å². The lowest BCUT2D eigenvalue weighted by Crippen LogP contribution is -2.65. The molecule has 0 aromatic heterocycles. The van der Waals surface area contributed by atoms with E-state index >= 15 is 0 Å². The number of carboxylic acid groups (broad SMARTS) is 1. The number of carbonyl (C=O) groups is 1. The molecule has 12 heteroatoms. The van der Waals surface area contributed by atoms with E-state index < -0.39 is 74.0 Å². The summed E-state index contributed by atoms with van der Waals surface area (Å²) in [5.74, 6) is -1.61. The molecule has 0 spiro atoms. The predicted octanol–water partition coefficient (Wildman–Crippen LogP) is -4.65. The average molecular weight is 370 g/mol. The Bertz CT molecular complexity index is 444. The van der Waals surface area contributed by atoms with E-state index in [9.17, 15) is 35.4 Å².